The highest BCUT2D eigenvalue weighted by Gasteiger charge is 2.40. The molecule has 15 heteroatoms. The molecule has 3 aromatic rings. The Hall–Kier alpha value is -3.65. The van der Waals surface area contributed by atoms with Crippen LogP contribution >= 0.6 is 0 Å². The maximum atomic E-state index is 14.0. The summed E-state index contributed by atoms with van der Waals surface area (Å²) in [4.78, 5) is 30.2. The lowest BCUT2D eigenvalue weighted by Crippen LogP contribution is -2.37. The third-order valence-electron chi connectivity index (χ3n) is 7.88. The predicted molar refractivity (Wildman–Crippen MR) is 137 cm³/mol. The number of nitrogens with one attached hydrogen (secondary N) is 2. The van der Waals surface area contributed by atoms with Crippen LogP contribution in [0.1, 0.15) is 111 Å². The number of fused-ring (bicyclic) bond motifs is 1. The van der Waals surface area contributed by atoms with E-state index in [1.807, 2.05) is 13.8 Å². The second-order valence-corrected chi connectivity index (χ2v) is 11.6. The number of alkyl halides is 5. The second kappa shape index (κ2) is 11.6. The molecule has 2 N–H and O–H groups in total. The van der Waals surface area contributed by atoms with Crippen LogP contribution in [0.3, 0.4) is 0 Å². The molecule has 0 spiro atoms. The van der Waals surface area contributed by atoms with Gasteiger partial charge in [-0.1, -0.05) is 19.0 Å². The molecule has 3 aromatic heterocycles. The van der Waals surface area contributed by atoms with E-state index < -0.39 is 48.8 Å². The van der Waals surface area contributed by atoms with Gasteiger partial charge in [0.15, 0.2) is 11.3 Å². The monoisotopic (exact) mass is 597 g/mol. The van der Waals surface area contributed by atoms with Gasteiger partial charge in [-0.3, -0.25) is 9.59 Å². The first kappa shape index (κ1) is 29.8. The topological polar surface area (TPSA) is 127 Å². The number of rotatable bonds is 10. The molecule has 0 aromatic carbocycles. The van der Waals surface area contributed by atoms with E-state index in [9.17, 15) is 31.5 Å². The van der Waals surface area contributed by atoms with Gasteiger partial charge in [0.25, 0.3) is 5.91 Å². The van der Waals surface area contributed by atoms with Crippen molar-refractivity contribution in [3.63, 3.8) is 0 Å². The zero-order valence-corrected chi connectivity index (χ0v) is 23.1. The van der Waals surface area contributed by atoms with Crippen LogP contribution in [0, 0.1) is 11.8 Å². The molecule has 0 radical (unpaired) electrons. The van der Waals surface area contributed by atoms with E-state index in [0.29, 0.717) is 22.6 Å². The normalized spacial score (nSPS) is 19.1. The van der Waals surface area contributed by atoms with E-state index in [2.05, 4.69) is 31.0 Å². The van der Waals surface area contributed by atoms with E-state index in [-0.39, 0.29) is 49.1 Å². The maximum absolute atomic E-state index is 14.0. The second-order valence-electron chi connectivity index (χ2n) is 11.6. The Kier molecular flexibility index (Phi) is 8.21. The van der Waals surface area contributed by atoms with Crippen LogP contribution in [0.5, 0.6) is 0 Å². The number of carbonyl (C=O) groups is 2. The summed E-state index contributed by atoms with van der Waals surface area (Å²) in [6.07, 6.45) is -1.88. The van der Waals surface area contributed by atoms with E-state index in [1.165, 1.54) is 10.7 Å². The Labute approximate surface area is 237 Å². The van der Waals surface area contributed by atoms with Gasteiger partial charge in [0.2, 0.25) is 11.8 Å². The molecule has 1 unspecified atom stereocenters. The fourth-order valence-corrected chi connectivity index (χ4v) is 5.40. The molecule has 228 valence electrons. The summed E-state index contributed by atoms with van der Waals surface area (Å²) < 4.78 is 72.0. The average Bonchev–Trinajstić information content (AvgIpc) is 3.47. The van der Waals surface area contributed by atoms with E-state index in [1.54, 1.807) is 12.3 Å². The summed E-state index contributed by atoms with van der Waals surface area (Å²) >= 11 is 0. The molecule has 5 rings (SSSR count). The molecule has 2 aliphatic rings. The van der Waals surface area contributed by atoms with Crippen LogP contribution < -0.4 is 10.6 Å². The Balaban J connectivity index is 1.40. The maximum Gasteiger partial charge on any atom is 0.389 e. The van der Waals surface area contributed by atoms with Gasteiger partial charge in [-0.15, -0.1) is 0 Å². The average molecular weight is 598 g/mol. The van der Waals surface area contributed by atoms with Gasteiger partial charge in [-0.25, -0.2) is 22.9 Å². The number of nitrogens with zero attached hydrogens (tertiary/aromatic N) is 5. The van der Waals surface area contributed by atoms with Gasteiger partial charge >= 0.3 is 6.18 Å². The van der Waals surface area contributed by atoms with Crippen LogP contribution in [-0.2, 0) is 4.79 Å². The van der Waals surface area contributed by atoms with Crippen molar-refractivity contribution < 1.29 is 36.2 Å². The zero-order chi connectivity index (χ0) is 30.2. The zero-order valence-electron chi connectivity index (χ0n) is 23.1. The van der Waals surface area contributed by atoms with E-state index in [0.717, 1.165) is 12.8 Å². The molecule has 0 bridgehead atoms. The first-order valence-corrected chi connectivity index (χ1v) is 14.0. The van der Waals surface area contributed by atoms with Crippen LogP contribution in [-0.4, -0.2) is 48.8 Å². The van der Waals surface area contributed by atoms with E-state index in [4.69, 9.17) is 4.63 Å². The van der Waals surface area contributed by atoms with Crippen LogP contribution in [0.25, 0.3) is 5.65 Å². The minimum atomic E-state index is -4.43. The summed E-state index contributed by atoms with van der Waals surface area (Å²) in [7, 11) is 0. The molecule has 3 heterocycles. The third-order valence-corrected chi connectivity index (χ3v) is 7.88. The van der Waals surface area contributed by atoms with Crippen molar-refractivity contribution in [2.45, 2.75) is 95.3 Å². The highest BCUT2D eigenvalue weighted by molar-refractivity contribution is 5.93. The predicted octanol–water partition coefficient (Wildman–Crippen LogP) is 5.44. The first-order valence-electron chi connectivity index (χ1n) is 14.0. The van der Waals surface area contributed by atoms with Crippen LogP contribution in [0.4, 0.5) is 22.0 Å². The van der Waals surface area contributed by atoms with Crippen LogP contribution in [0.15, 0.2) is 23.1 Å². The molecule has 2 amide bonds. The van der Waals surface area contributed by atoms with Gasteiger partial charge in [-0.2, -0.15) is 18.3 Å². The van der Waals surface area contributed by atoms with E-state index >= 15 is 0 Å². The number of hydrogen-bond donors (Lipinski definition) is 2. The largest absolute Gasteiger partial charge is 0.389 e. The summed E-state index contributed by atoms with van der Waals surface area (Å²) in [6, 6.07) is 0.431. The number of hydrogen-bond acceptors (Lipinski definition) is 7. The van der Waals surface area contributed by atoms with Crippen molar-refractivity contribution in [3.8, 4) is 0 Å². The fraction of sp³-hybridized carbons (Fsp3) is 0.630. The van der Waals surface area contributed by atoms with Crippen molar-refractivity contribution in [3.05, 3.63) is 41.1 Å². The lowest BCUT2D eigenvalue weighted by Gasteiger charge is -2.33. The lowest BCUT2D eigenvalue weighted by molar-refractivity contribution is -0.144. The SMILES string of the molecule is CC(C)c1nonc1C(=O)N[C@H](c1cn2ncc(C(NC(=O)CCC(F)(F)F)C3CC3)cc2n1)C1CCC(F)(F)CC1. The van der Waals surface area contributed by atoms with Crippen molar-refractivity contribution in [2.24, 2.45) is 11.8 Å². The first-order chi connectivity index (χ1) is 19.8. The Bertz CT molecular complexity index is 1420. The van der Waals surface area contributed by atoms with Gasteiger partial charge in [0.1, 0.15) is 5.69 Å². The van der Waals surface area contributed by atoms with Gasteiger partial charge < -0.3 is 10.6 Å². The molecule has 0 saturated heterocycles. The van der Waals surface area contributed by atoms with Crippen molar-refractivity contribution in [1.29, 1.82) is 0 Å². The molecule has 2 saturated carbocycles. The summed E-state index contributed by atoms with van der Waals surface area (Å²) in [5.74, 6) is -4.46. The van der Waals surface area contributed by atoms with Gasteiger partial charge in [0, 0.05) is 25.2 Å². The van der Waals surface area contributed by atoms with Crippen molar-refractivity contribution in [2.75, 3.05) is 0 Å². The minimum absolute atomic E-state index is 0.00820. The third kappa shape index (κ3) is 7.04. The smallest absolute Gasteiger partial charge is 0.349 e. The van der Waals surface area contributed by atoms with Crippen molar-refractivity contribution in [1.82, 2.24) is 35.5 Å². The molecule has 0 aliphatic heterocycles. The van der Waals surface area contributed by atoms with Gasteiger partial charge in [-0.05, 0) is 54.3 Å². The van der Waals surface area contributed by atoms with Crippen LogP contribution in [0.2, 0.25) is 0 Å². The molecular weight excluding hydrogens is 565 g/mol. The molecule has 2 atom stereocenters. The number of amides is 2. The lowest BCUT2D eigenvalue weighted by atomic mass is 9.81. The molecular formula is C27H32F5N7O3. The quantitative estimate of drug-likeness (QED) is 0.298. The molecule has 10 nitrogen and oxygen atoms in total. The summed E-state index contributed by atoms with van der Waals surface area (Å²) in [6.45, 7) is 3.66. The summed E-state index contributed by atoms with van der Waals surface area (Å²) in [5.41, 5.74) is 1.75. The van der Waals surface area contributed by atoms with Crippen molar-refractivity contribution >= 4 is 17.5 Å². The molecule has 2 fully saturated rings. The Morgan fingerprint density at radius 2 is 1.76 bits per heavy atom. The number of carbonyl (C=O) groups excluding carboxylic acids is 2. The number of halogens is 5. The highest BCUT2D eigenvalue weighted by atomic mass is 19.4. The fourth-order valence-electron chi connectivity index (χ4n) is 5.40. The molecule has 2 aliphatic carbocycles. The molecule has 42 heavy (non-hydrogen) atoms. The summed E-state index contributed by atoms with van der Waals surface area (Å²) in [5, 5.41) is 17.6. The highest BCUT2D eigenvalue weighted by Crippen LogP contribution is 2.43. The van der Waals surface area contributed by atoms with Gasteiger partial charge in [0.05, 0.1) is 36.6 Å². The minimum Gasteiger partial charge on any atom is -0.349 e. The Morgan fingerprint density at radius 1 is 1.07 bits per heavy atom. The number of aromatic nitrogens is 5. The number of imidazole rings is 1. The Morgan fingerprint density at radius 3 is 2.40 bits per heavy atom. The standard InChI is InChI=1S/C27H32F5N7O3/c1-14(2)21-24(38-42-37-21)25(41)36-23(16-5-8-26(28,29)9-6-16)18-13-39-19(34-18)11-17(12-33-39)22(15-3-4-15)35-20(40)7-10-27(30,31)32/h11-16,22-23H,3-10H2,1-2H3,(H,35,40)(H,36,41)/t22?,23-/m0/s1.